The summed E-state index contributed by atoms with van der Waals surface area (Å²) in [6, 6.07) is 8.59. The number of hydrogen-bond donors (Lipinski definition) is 0. The van der Waals surface area contributed by atoms with Crippen molar-refractivity contribution in [1.29, 1.82) is 0 Å². The summed E-state index contributed by atoms with van der Waals surface area (Å²) >= 11 is 3.70. The van der Waals surface area contributed by atoms with Gasteiger partial charge in [-0.25, -0.2) is 0 Å². The van der Waals surface area contributed by atoms with Gasteiger partial charge in [0.15, 0.2) is 0 Å². The number of nitro groups is 1. The molecule has 0 spiro atoms. The Labute approximate surface area is 126 Å². The summed E-state index contributed by atoms with van der Waals surface area (Å²) in [5.74, 6) is 0. The van der Waals surface area contributed by atoms with Crippen LogP contribution in [0.1, 0.15) is 26.5 Å². The first-order valence-electron chi connectivity index (χ1n) is 6.45. The largest absolute Gasteiger partial charge is 0.270 e. The number of non-ortho nitro benzene ring substituents is 1. The van der Waals surface area contributed by atoms with E-state index in [1.165, 1.54) is 6.07 Å². The van der Waals surface area contributed by atoms with Crippen molar-refractivity contribution in [2.75, 3.05) is 0 Å². The van der Waals surface area contributed by atoms with Crippen LogP contribution >= 0.6 is 15.9 Å². The molecule has 0 bridgehead atoms. The zero-order valence-electron chi connectivity index (χ0n) is 11.8. The third kappa shape index (κ3) is 3.33. The number of rotatable bonds is 3. The number of pyridine rings is 1. The maximum atomic E-state index is 10.7. The van der Waals surface area contributed by atoms with Crippen LogP contribution in [0.5, 0.6) is 0 Å². The molecule has 0 aliphatic heterocycles. The molecule has 106 valence electrons. The Morgan fingerprint density at radius 2 is 2.00 bits per heavy atom. The van der Waals surface area contributed by atoms with Crippen LogP contribution in [0, 0.1) is 15.5 Å². The monoisotopic (exact) mass is 336 g/mol. The smallest absolute Gasteiger partial charge is 0.258 e. The van der Waals surface area contributed by atoms with E-state index < -0.39 is 0 Å². The Morgan fingerprint density at radius 3 is 2.60 bits per heavy atom. The second-order valence-electron chi connectivity index (χ2n) is 5.97. The molecular formula is C15H17BrN2O2. The van der Waals surface area contributed by atoms with E-state index in [1.54, 1.807) is 12.1 Å². The summed E-state index contributed by atoms with van der Waals surface area (Å²) in [4.78, 5) is 15.3. The number of fused-ring (bicyclic) bond motifs is 1. The molecular weight excluding hydrogens is 320 g/mol. The average Bonchev–Trinajstić information content (AvgIpc) is 2.36. The highest BCUT2D eigenvalue weighted by Gasteiger charge is 2.22. The van der Waals surface area contributed by atoms with Gasteiger partial charge in [-0.2, -0.15) is 0 Å². The predicted molar refractivity (Wildman–Crippen MR) is 84.3 cm³/mol. The molecule has 0 fully saturated rings. The van der Waals surface area contributed by atoms with Crippen molar-refractivity contribution in [3.05, 3.63) is 46.1 Å². The van der Waals surface area contributed by atoms with Crippen LogP contribution in [0.3, 0.4) is 0 Å². The summed E-state index contributed by atoms with van der Waals surface area (Å²) in [5.41, 5.74) is 2.04. The molecule has 2 aromatic rings. The SMILES string of the molecule is CC(C)(C)C(Br)Cc1ccc2cc([N+](=O)[O-])ccc2n1. The van der Waals surface area contributed by atoms with Gasteiger partial charge >= 0.3 is 0 Å². The zero-order valence-corrected chi connectivity index (χ0v) is 13.3. The summed E-state index contributed by atoms with van der Waals surface area (Å²) in [6.07, 6.45) is 0.830. The van der Waals surface area contributed by atoms with Gasteiger partial charge in [0.2, 0.25) is 0 Å². The lowest BCUT2D eigenvalue weighted by Gasteiger charge is -2.25. The summed E-state index contributed by atoms with van der Waals surface area (Å²) < 4.78 is 0. The molecule has 2 rings (SSSR count). The van der Waals surface area contributed by atoms with Crippen molar-refractivity contribution in [3.8, 4) is 0 Å². The zero-order chi connectivity index (χ0) is 14.9. The van der Waals surface area contributed by atoms with E-state index in [4.69, 9.17) is 0 Å². The lowest BCUT2D eigenvalue weighted by molar-refractivity contribution is -0.384. The topological polar surface area (TPSA) is 56.0 Å². The summed E-state index contributed by atoms with van der Waals surface area (Å²) in [5, 5.41) is 11.5. The summed E-state index contributed by atoms with van der Waals surface area (Å²) in [7, 11) is 0. The van der Waals surface area contributed by atoms with Crippen molar-refractivity contribution in [2.24, 2.45) is 5.41 Å². The highest BCUT2D eigenvalue weighted by molar-refractivity contribution is 9.09. The highest BCUT2D eigenvalue weighted by Crippen LogP contribution is 2.29. The Morgan fingerprint density at radius 1 is 1.30 bits per heavy atom. The Bertz CT molecular complexity index is 650. The first-order valence-corrected chi connectivity index (χ1v) is 7.37. The normalized spacial score (nSPS) is 13.4. The molecule has 0 radical (unpaired) electrons. The van der Waals surface area contributed by atoms with Gasteiger partial charge in [-0.3, -0.25) is 15.1 Å². The lowest BCUT2D eigenvalue weighted by Crippen LogP contribution is -2.22. The van der Waals surface area contributed by atoms with E-state index in [2.05, 4.69) is 41.7 Å². The fourth-order valence-corrected chi connectivity index (χ4v) is 2.20. The van der Waals surface area contributed by atoms with E-state index in [9.17, 15) is 10.1 Å². The molecule has 0 saturated carbocycles. The van der Waals surface area contributed by atoms with Gasteiger partial charge < -0.3 is 0 Å². The molecule has 0 saturated heterocycles. The van der Waals surface area contributed by atoms with Gasteiger partial charge in [0.1, 0.15) is 0 Å². The first-order chi connectivity index (χ1) is 9.27. The number of nitro benzene ring substituents is 1. The van der Waals surface area contributed by atoms with Crippen LogP contribution in [0.25, 0.3) is 10.9 Å². The van der Waals surface area contributed by atoms with Crippen LogP contribution in [0.15, 0.2) is 30.3 Å². The number of aromatic nitrogens is 1. The van der Waals surface area contributed by atoms with Crippen LogP contribution in [0.2, 0.25) is 0 Å². The van der Waals surface area contributed by atoms with Crippen LogP contribution in [-0.2, 0) is 6.42 Å². The Balaban J connectivity index is 2.31. The van der Waals surface area contributed by atoms with Gasteiger partial charge in [-0.05, 0) is 17.5 Å². The van der Waals surface area contributed by atoms with Gasteiger partial charge in [-0.15, -0.1) is 0 Å². The van der Waals surface area contributed by atoms with Crippen molar-refractivity contribution in [1.82, 2.24) is 4.98 Å². The molecule has 5 heteroatoms. The Kier molecular flexibility index (Phi) is 4.09. The van der Waals surface area contributed by atoms with Gasteiger partial charge in [0.25, 0.3) is 5.69 Å². The molecule has 1 aromatic carbocycles. The first kappa shape index (κ1) is 14.9. The molecule has 0 aliphatic carbocycles. The lowest BCUT2D eigenvalue weighted by atomic mass is 9.89. The van der Waals surface area contributed by atoms with Crippen LogP contribution in [-0.4, -0.2) is 14.7 Å². The predicted octanol–water partition coefficient (Wildman–Crippen LogP) is 4.50. The maximum absolute atomic E-state index is 10.7. The summed E-state index contributed by atoms with van der Waals surface area (Å²) in [6.45, 7) is 6.53. The molecule has 1 heterocycles. The third-order valence-corrected chi connectivity index (χ3v) is 4.97. The third-order valence-electron chi connectivity index (χ3n) is 3.27. The van der Waals surface area contributed by atoms with E-state index in [0.29, 0.717) is 4.83 Å². The molecule has 0 amide bonds. The van der Waals surface area contributed by atoms with Gasteiger partial charge in [0.05, 0.1) is 10.4 Å². The van der Waals surface area contributed by atoms with Crippen molar-refractivity contribution < 1.29 is 4.92 Å². The highest BCUT2D eigenvalue weighted by atomic mass is 79.9. The van der Waals surface area contributed by atoms with Gasteiger partial charge in [0, 0.05) is 34.5 Å². The second-order valence-corrected chi connectivity index (χ2v) is 7.08. The second kappa shape index (κ2) is 5.48. The molecule has 0 aliphatic rings. The number of nitrogens with zero attached hydrogens (tertiary/aromatic N) is 2. The number of alkyl halides is 1. The fraction of sp³-hybridized carbons (Fsp3) is 0.400. The minimum absolute atomic E-state index is 0.0973. The molecule has 0 N–H and O–H groups in total. The van der Waals surface area contributed by atoms with E-state index in [1.807, 2.05) is 12.1 Å². The van der Waals surface area contributed by atoms with Gasteiger partial charge in [-0.1, -0.05) is 42.8 Å². The van der Waals surface area contributed by atoms with E-state index in [-0.39, 0.29) is 16.0 Å². The molecule has 1 aromatic heterocycles. The molecule has 1 unspecified atom stereocenters. The van der Waals surface area contributed by atoms with Crippen LogP contribution < -0.4 is 0 Å². The number of benzene rings is 1. The van der Waals surface area contributed by atoms with E-state index in [0.717, 1.165) is 23.0 Å². The minimum Gasteiger partial charge on any atom is -0.258 e. The number of halogens is 1. The fourth-order valence-electron chi connectivity index (χ4n) is 1.87. The maximum Gasteiger partial charge on any atom is 0.270 e. The Hall–Kier alpha value is -1.49. The quantitative estimate of drug-likeness (QED) is 0.471. The van der Waals surface area contributed by atoms with Crippen molar-refractivity contribution >= 4 is 32.5 Å². The van der Waals surface area contributed by atoms with Crippen molar-refractivity contribution in [3.63, 3.8) is 0 Å². The average molecular weight is 337 g/mol. The standard InChI is InChI=1S/C15H17BrN2O2/c1-15(2,3)14(16)9-11-5-4-10-8-12(18(19)20)6-7-13(10)17-11/h4-8,14H,9H2,1-3H3. The van der Waals surface area contributed by atoms with Crippen molar-refractivity contribution in [2.45, 2.75) is 32.0 Å². The molecule has 1 atom stereocenters. The molecule has 4 nitrogen and oxygen atoms in total. The van der Waals surface area contributed by atoms with E-state index >= 15 is 0 Å². The molecule has 20 heavy (non-hydrogen) atoms. The minimum atomic E-state index is -0.387. The van der Waals surface area contributed by atoms with Crippen LogP contribution in [0.4, 0.5) is 5.69 Å². The number of hydrogen-bond acceptors (Lipinski definition) is 3.